The van der Waals surface area contributed by atoms with Gasteiger partial charge in [-0.25, -0.2) is 0 Å². The largest absolute Gasteiger partial charge is 0.490 e. The number of carbonyl (C=O) groups is 2. The molecule has 150 valence electrons. The Labute approximate surface area is 165 Å². The number of ether oxygens (including phenoxy) is 3. The van der Waals surface area contributed by atoms with Gasteiger partial charge in [0.15, 0.2) is 23.9 Å². The van der Waals surface area contributed by atoms with E-state index in [1.165, 1.54) is 6.92 Å². The second-order valence-corrected chi connectivity index (χ2v) is 6.12. The topological polar surface area (TPSA) is 73.9 Å². The van der Waals surface area contributed by atoms with E-state index in [9.17, 15) is 9.59 Å². The Balaban J connectivity index is 1.78. The van der Waals surface area contributed by atoms with E-state index in [0.29, 0.717) is 43.2 Å². The van der Waals surface area contributed by atoms with Crippen molar-refractivity contribution in [2.24, 2.45) is 0 Å². The highest BCUT2D eigenvalue weighted by Gasteiger charge is 2.07. The molecule has 6 heteroatoms. The number of nitrogens with one attached hydrogen (secondary N) is 1. The van der Waals surface area contributed by atoms with Gasteiger partial charge in [0.25, 0.3) is 5.91 Å². The van der Waals surface area contributed by atoms with Crippen LogP contribution in [0, 0.1) is 0 Å². The lowest BCUT2D eigenvalue weighted by molar-refractivity contribution is -0.123. The fraction of sp³-hybridized carbons (Fsp3) is 0.364. The summed E-state index contributed by atoms with van der Waals surface area (Å²) < 4.78 is 16.6. The van der Waals surface area contributed by atoms with Crippen LogP contribution in [-0.4, -0.2) is 38.1 Å². The van der Waals surface area contributed by atoms with Crippen molar-refractivity contribution in [3.8, 4) is 17.2 Å². The molecule has 0 aliphatic carbocycles. The Bertz CT molecular complexity index is 786. The van der Waals surface area contributed by atoms with E-state index < -0.39 is 0 Å². The van der Waals surface area contributed by atoms with Gasteiger partial charge in [-0.1, -0.05) is 6.07 Å². The number of benzene rings is 2. The summed E-state index contributed by atoms with van der Waals surface area (Å²) in [5, 5.41) is 2.83. The number of rotatable bonds is 11. The van der Waals surface area contributed by atoms with Crippen LogP contribution in [0.15, 0.2) is 42.5 Å². The highest BCUT2D eigenvalue weighted by molar-refractivity contribution is 5.94. The summed E-state index contributed by atoms with van der Waals surface area (Å²) in [5.74, 6) is 1.78. The molecule has 6 nitrogen and oxygen atoms in total. The van der Waals surface area contributed by atoms with E-state index in [1.54, 1.807) is 24.3 Å². The van der Waals surface area contributed by atoms with Gasteiger partial charge in [-0.15, -0.1) is 0 Å². The highest BCUT2D eigenvalue weighted by Crippen LogP contribution is 2.28. The summed E-state index contributed by atoms with van der Waals surface area (Å²) in [5.41, 5.74) is 1.66. The first-order valence-electron chi connectivity index (χ1n) is 9.42. The van der Waals surface area contributed by atoms with Crippen LogP contribution >= 0.6 is 0 Å². The van der Waals surface area contributed by atoms with E-state index in [4.69, 9.17) is 14.2 Å². The van der Waals surface area contributed by atoms with E-state index in [0.717, 1.165) is 11.3 Å². The van der Waals surface area contributed by atoms with Crippen molar-refractivity contribution in [1.29, 1.82) is 0 Å². The van der Waals surface area contributed by atoms with Crippen LogP contribution in [0.3, 0.4) is 0 Å². The molecule has 0 aromatic heterocycles. The van der Waals surface area contributed by atoms with Crippen molar-refractivity contribution in [2.45, 2.75) is 27.2 Å². The van der Waals surface area contributed by atoms with Crippen LogP contribution in [0.4, 0.5) is 0 Å². The molecule has 0 fully saturated rings. The van der Waals surface area contributed by atoms with Crippen LogP contribution in [-0.2, 0) is 11.2 Å². The number of Topliss-reactive ketones (excluding diaryl/α,β-unsaturated/α-hetero) is 1. The number of amides is 1. The van der Waals surface area contributed by atoms with Crippen molar-refractivity contribution < 1.29 is 23.8 Å². The van der Waals surface area contributed by atoms with Gasteiger partial charge in [-0.05, 0) is 69.2 Å². The lowest BCUT2D eigenvalue weighted by atomic mass is 10.1. The molecule has 0 aliphatic rings. The van der Waals surface area contributed by atoms with Gasteiger partial charge in [-0.2, -0.15) is 0 Å². The molecule has 0 saturated carbocycles. The first kappa shape index (κ1) is 21.3. The third kappa shape index (κ3) is 6.61. The SMILES string of the molecule is CCOc1ccc(CCNC(=O)COc2ccc(C(C)=O)cc2)cc1OCC. The number of hydrogen-bond acceptors (Lipinski definition) is 5. The fourth-order valence-corrected chi connectivity index (χ4v) is 2.58. The molecule has 0 atom stereocenters. The van der Waals surface area contributed by atoms with Crippen LogP contribution in [0.1, 0.15) is 36.7 Å². The summed E-state index contributed by atoms with van der Waals surface area (Å²) in [7, 11) is 0. The molecular formula is C22H27NO5. The molecular weight excluding hydrogens is 358 g/mol. The molecule has 28 heavy (non-hydrogen) atoms. The minimum atomic E-state index is -0.202. The molecule has 2 aromatic rings. The van der Waals surface area contributed by atoms with Crippen molar-refractivity contribution in [3.05, 3.63) is 53.6 Å². The van der Waals surface area contributed by atoms with Gasteiger partial charge in [0.2, 0.25) is 0 Å². The molecule has 0 unspecified atom stereocenters. The van der Waals surface area contributed by atoms with Crippen molar-refractivity contribution in [2.75, 3.05) is 26.4 Å². The van der Waals surface area contributed by atoms with Gasteiger partial charge in [0.05, 0.1) is 13.2 Å². The number of ketones is 1. The maximum absolute atomic E-state index is 12.0. The Morgan fingerprint density at radius 1 is 0.893 bits per heavy atom. The van der Waals surface area contributed by atoms with Crippen LogP contribution < -0.4 is 19.5 Å². The minimum Gasteiger partial charge on any atom is -0.490 e. The first-order chi connectivity index (χ1) is 13.5. The summed E-state index contributed by atoms with van der Waals surface area (Å²) >= 11 is 0. The smallest absolute Gasteiger partial charge is 0.257 e. The molecule has 0 spiro atoms. The zero-order chi connectivity index (χ0) is 20.4. The number of hydrogen-bond donors (Lipinski definition) is 1. The van der Waals surface area contributed by atoms with Gasteiger partial charge in [0.1, 0.15) is 5.75 Å². The van der Waals surface area contributed by atoms with E-state index in [1.807, 2.05) is 32.0 Å². The second-order valence-electron chi connectivity index (χ2n) is 6.12. The highest BCUT2D eigenvalue weighted by atomic mass is 16.5. The molecule has 2 rings (SSSR count). The molecule has 0 saturated heterocycles. The van der Waals surface area contributed by atoms with Crippen molar-refractivity contribution >= 4 is 11.7 Å². The summed E-state index contributed by atoms with van der Waals surface area (Å²) in [4.78, 5) is 23.2. The Kier molecular flexibility index (Phi) is 8.34. The van der Waals surface area contributed by atoms with E-state index in [-0.39, 0.29) is 18.3 Å². The standard InChI is InChI=1S/C22H27NO5/c1-4-26-20-11-6-17(14-21(20)27-5-2)12-13-23-22(25)15-28-19-9-7-18(8-10-19)16(3)24/h6-11,14H,4-5,12-13,15H2,1-3H3,(H,23,25). The Hall–Kier alpha value is -3.02. The van der Waals surface area contributed by atoms with E-state index >= 15 is 0 Å². The maximum Gasteiger partial charge on any atom is 0.257 e. The third-order valence-electron chi connectivity index (χ3n) is 3.97. The lowest BCUT2D eigenvalue weighted by Gasteiger charge is -2.13. The van der Waals surface area contributed by atoms with Gasteiger partial charge in [0, 0.05) is 12.1 Å². The predicted molar refractivity (Wildman–Crippen MR) is 107 cm³/mol. The molecule has 0 aliphatic heterocycles. The quantitative estimate of drug-likeness (QED) is 0.600. The molecule has 1 N–H and O–H groups in total. The van der Waals surface area contributed by atoms with Crippen molar-refractivity contribution in [1.82, 2.24) is 5.32 Å². The fourth-order valence-electron chi connectivity index (χ4n) is 2.58. The van der Waals surface area contributed by atoms with Crippen LogP contribution in [0.5, 0.6) is 17.2 Å². The normalized spacial score (nSPS) is 10.2. The zero-order valence-electron chi connectivity index (χ0n) is 16.6. The second kappa shape index (κ2) is 11.0. The Morgan fingerprint density at radius 3 is 2.21 bits per heavy atom. The predicted octanol–water partition coefficient (Wildman–Crippen LogP) is 3.42. The first-order valence-corrected chi connectivity index (χ1v) is 9.42. The van der Waals surface area contributed by atoms with Gasteiger partial charge >= 0.3 is 0 Å². The lowest BCUT2D eigenvalue weighted by Crippen LogP contribution is -2.30. The molecule has 0 bridgehead atoms. The average molecular weight is 385 g/mol. The van der Waals surface area contributed by atoms with Gasteiger partial charge in [-0.3, -0.25) is 9.59 Å². The van der Waals surface area contributed by atoms with Crippen molar-refractivity contribution in [3.63, 3.8) is 0 Å². The number of carbonyl (C=O) groups excluding carboxylic acids is 2. The van der Waals surface area contributed by atoms with Gasteiger partial charge < -0.3 is 19.5 Å². The van der Waals surface area contributed by atoms with Crippen LogP contribution in [0.25, 0.3) is 0 Å². The zero-order valence-corrected chi connectivity index (χ0v) is 16.6. The molecule has 2 aromatic carbocycles. The minimum absolute atomic E-state index is 0.00826. The summed E-state index contributed by atoms with van der Waals surface area (Å²) in [6, 6.07) is 12.5. The van der Waals surface area contributed by atoms with E-state index in [2.05, 4.69) is 5.32 Å². The summed E-state index contributed by atoms with van der Waals surface area (Å²) in [6.45, 7) is 6.91. The average Bonchev–Trinajstić information content (AvgIpc) is 2.69. The van der Waals surface area contributed by atoms with Crippen LogP contribution in [0.2, 0.25) is 0 Å². The molecule has 0 heterocycles. The summed E-state index contributed by atoms with van der Waals surface area (Å²) in [6.07, 6.45) is 0.672. The maximum atomic E-state index is 12.0. The molecule has 0 radical (unpaired) electrons. The third-order valence-corrected chi connectivity index (χ3v) is 3.97. The Morgan fingerprint density at radius 2 is 1.57 bits per heavy atom. The monoisotopic (exact) mass is 385 g/mol. The molecule has 1 amide bonds.